The first-order valence-corrected chi connectivity index (χ1v) is 13.1. The Morgan fingerprint density at radius 2 is 1.31 bits per heavy atom. The number of esters is 1. The number of carbonyl (C=O) groups excluding carboxylic acids is 1. The highest BCUT2D eigenvalue weighted by Crippen LogP contribution is 2.16. The van der Waals surface area contributed by atoms with Gasteiger partial charge >= 0.3 is 5.97 Å². The van der Waals surface area contributed by atoms with Crippen molar-refractivity contribution < 1.29 is 14.3 Å². The molecule has 0 spiro atoms. The smallest absolute Gasteiger partial charge is 0.339 e. The Hall–Kier alpha value is -2.85. The summed E-state index contributed by atoms with van der Waals surface area (Å²) < 4.78 is 11.2. The number of halogens is 1. The van der Waals surface area contributed by atoms with E-state index in [1.165, 1.54) is 36.6 Å². The van der Waals surface area contributed by atoms with E-state index in [4.69, 9.17) is 21.1 Å². The molecule has 0 aliphatic rings. The molecule has 0 fully saturated rings. The highest BCUT2D eigenvalue weighted by atomic mass is 35.5. The van der Waals surface area contributed by atoms with Crippen LogP contribution < -0.4 is 4.74 Å². The number of ether oxygens (including phenoxy) is 2. The van der Waals surface area contributed by atoms with Gasteiger partial charge in [-0.15, -0.1) is 0 Å². The molecule has 0 saturated heterocycles. The van der Waals surface area contributed by atoms with Crippen molar-refractivity contribution >= 4 is 17.6 Å². The van der Waals surface area contributed by atoms with E-state index in [2.05, 4.69) is 41.4 Å². The summed E-state index contributed by atoms with van der Waals surface area (Å²) in [5.74, 6) is 0.653. The molecule has 0 N–H and O–H groups in total. The van der Waals surface area contributed by atoms with Gasteiger partial charge in [-0.05, 0) is 86.1 Å². The molecule has 0 aliphatic carbocycles. The first-order valence-electron chi connectivity index (χ1n) is 12.7. The second-order valence-corrected chi connectivity index (χ2v) is 9.26. The van der Waals surface area contributed by atoms with Crippen LogP contribution in [-0.2, 0) is 17.6 Å². The predicted molar refractivity (Wildman–Crippen MR) is 142 cm³/mol. The van der Waals surface area contributed by atoms with E-state index in [0.717, 1.165) is 62.3 Å². The maximum atomic E-state index is 11.9. The number of benzene rings is 2. The molecule has 1 heterocycles. The van der Waals surface area contributed by atoms with Crippen molar-refractivity contribution in [2.45, 2.75) is 64.2 Å². The van der Waals surface area contributed by atoms with Gasteiger partial charge in [-0.2, -0.15) is 0 Å². The van der Waals surface area contributed by atoms with Crippen LogP contribution in [0.1, 0.15) is 72.9 Å². The van der Waals surface area contributed by atoms with E-state index < -0.39 is 0 Å². The van der Waals surface area contributed by atoms with Crippen molar-refractivity contribution in [2.75, 3.05) is 13.2 Å². The molecule has 0 atom stereocenters. The van der Waals surface area contributed by atoms with Crippen molar-refractivity contribution in [3.05, 3.63) is 94.8 Å². The van der Waals surface area contributed by atoms with Gasteiger partial charge in [0.2, 0.25) is 0 Å². The number of carbonyl (C=O) groups is 1. The fraction of sp³-hybridized carbons (Fsp3) is 0.400. The molecule has 3 aromatic rings. The largest absolute Gasteiger partial charge is 0.494 e. The summed E-state index contributed by atoms with van der Waals surface area (Å²) in [6.45, 7) is 1.23. The normalized spacial score (nSPS) is 10.8. The lowest BCUT2D eigenvalue weighted by atomic mass is 10.1. The van der Waals surface area contributed by atoms with Crippen LogP contribution in [0.5, 0.6) is 5.75 Å². The minimum absolute atomic E-state index is 0.297. The predicted octanol–water partition coefficient (Wildman–Crippen LogP) is 7.88. The van der Waals surface area contributed by atoms with Crippen LogP contribution >= 0.6 is 11.6 Å². The van der Waals surface area contributed by atoms with Gasteiger partial charge in [0, 0.05) is 17.4 Å². The van der Waals surface area contributed by atoms with E-state index in [-0.39, 0.29) is 5.97 Å². The average Bonchev–Trinajstić information content (AvgIpc) is 2.90. The first kappa shape index (κ1) is 26.7. The number of pyridine rings is 1. The van der Waals surface area contributed by atoms with E-state index in [1.807, 2.05) is 12.1 Å². The van der Waals surface area contributed by atoms with Gasteiger partial charge in [0.05, 0.1) is 18.8 Å². The average molecular weight is 494 g/mol. The first-order chi connectivity index (χ1) is 17.2. The third-order valence-electron chi connectivity index (χ3n) is 5.96. The molecule has 1 aromatic heterocycles. The summed E-state index contributed by atoms with van der Waals surface area (Å²) in [4.78, 5) is 15.8. The number of aromatic nitrogens is 1. The molecular weight excluding hydrogens is 458 g/mol. The van der Waals surface area contributed by atoms with Crippen molar-refractivity contribution in [1.82, 2.24) is 4.98 Å². The Morgan fingerprint density at radius 3 is 1.94 bits per heavy atom. The fourth-order valence-electron chi connectivity index (χ4n) is 3.89. The Kier molecular flexibility index (Phi) is 12.2. The molecule has 186 valence electrons. The van der Waals surface area contributed by atoms with Crippen LogP contribution in [0.25, 0.3) is 0 Å². The highest BCUT2D eigenvalue weighted by molar-refractivity contribution is 6.30. The fourth-order valence-corrected chi connectivity index (χ4v) is 4.02. The zero-order valence-corrected chi connectivity index (χ0v) is 21.2. The van der Waals surface area contributed by atoms with Crippen LogP contribution in [0.4, 0.5) is 0 Å². The number of hydrogen-bond acceptors (Lipinski definition) is 4. The molecule has 4 nitrogen and oxygen atoms in total. The number of nitrogens with zero attached hydrogens (tertiary/aromatic N) is 1. The van der Waals surface area contributed by atoms with Gasteiger partial charge in [-0.25, -0.2) is 4.79 Å². The van der Waals surface area contributed by atoms with Gasteiger partial charge in [0.25, 0.3) is 0 Å². The van der Waals surface area contributed by atoms with Gasteiger partial charge < -0.3 is 9.47 Å². The molecular formula is C30H36ClNO3. The second-order valence-electron chi connectivity index (χ2n) is 8.82. The topological polar surface area (TPSA) is 48.4 Å². The summed E-state index contributed by atoms with van der Waals surface area (Å²) in [6.07, 6.45) is 14.2. The van der Waals surface area contributed by atoms with Gasteiger partial charge in [-0.3, -0.25) is 4.98 Å². The monoisotopic (exact) mass is 493 g/mol. The molecule has 2 aromatic carbocycles. The SMILES string of the molecule is O=C(OCCCCCCc1ccc(OCCCCCCc2ccc(Cl)cc2)cc1)c1cccnc1. The number of unbranched alkanes of at least 4 members (excludes halogenated alkanes) is 6. The summed E-state index contributed by atoms with van der Waals surface area (Å²) in [5.41, 5.74) is 3.20. The second kappa shape index (κ2) is 15.9. The van der Waals surface area contributed by atoms with Crippen LogP contribution in [0.2, 0.25) is 5.02 Å². The van der Waals surface area contributed by atoms with Crippen LogP contribution in [0.15, 0.2) is 73.1 Å². The summed E-state index contributed by atoms with van der Waals surface area (Å²) in [7, 11) is 0. The molecule has 0 unspecified atom stereocenters. The summed E-state index contributed by atoms with van der Waals surface area (Å²) >= 11 is 5.93. The quantitative estimate of drug-likeness (QED) is 0.150. The zero-order chi connectivity index (χ0) is 24.6. The lowest BCUT2D eigenvalue weighted by Gasteiger charge is -2.08. The summed E-state index contributed by atoms with van der Waals surface area (Å²) in [5, 5.41) is 0.799. The highest BCUT2D eigenvalue weighted by Gasteiger charge is 2.05. The van der Waals surface area contributed by atoms with E-state index in [0.29, 0.717) is 12.2 Å². The number of hydrogen-bond donors (Lipinski definition) is 0. The third kappa shape index (κ3) is 11.0. The Labute approximate surface area is 214 Å². The van der Waals surface area contributed by atoms with Crippen molar-refractivity contribution in [3.63, 3.8) is 0 Å². The van der Waals surface area contributed by atoms with Gasteiger partial charge in [0.1, 0.15) is 5.75 Å². The third-order valence-corrected chi connectivity index (χ3v) is 6.21. The maximum absolute atomic E-state index is 11.9. The van der Waals surface area contributed by atoms with Crippen LogP contribution in [0.3, 0.4) is 0 Å². The molecule has 0 amide bonds. The Bertz CT molecular complexity index is 975. The molecule has 3 rings (SSSR count). The molecule has 0 bridgehead atoms. The molecule has 5 heteroatoms. The minimum atomic E-state index is -0.297. The van der Waals surface area contributed by atoms with Crippen LogP contribution in [-0.4, -0.2) is 24.2 Å². The Balaban J connectivity index is 1.16. The van der Waals surface area contributed by atoms with Crippen molar-refractivity contribution in [2.24, 2.45) is 0 Å². The standard InChI is InChI=1S/C30H36ClNO3/c31-28-17-13-25(14-18-28)10-5-1-3-7-22-34-29-19-15-26(16-20-29)11-6-2-4-8-23-35-30(33)27-12-9-21-32-24-27/h9,12-21,24H,1-8,10-11,22-23H2. The van der Waals surface area contributed by atoms with Crippen molar-refractivity contribution in [3.8, 4) is 5.75 Å². The van der Waals surface area contributed by atoms with Crippen molar-refractivity contribution in [1.29, 1.82) is 0 Å². The lowest BCUT2D eigenvalue weighted by Crippen LogP contribution is -2.06. The Morgan fingerprint density at radius 1 is 0.714 bits per heavy atom. The van der Waals surface area contributed by atoms with E-state index in [1.54, 1.807) is 18.3 Å². The molecule has 0 aliphatic heterocycles. The maximum Gasteiger partial charge on any atom is 0.339 e. The van der Waals surface area contributed by atoms with Gasteiger partial charge in [-0.1, -0.05) is 61.5 Å². The molecule has 0 radical (unpaired) electrons. The number of aryl methyl sites for hydroxylation is 2. The number of rotatable bonds is 16. The van der Waals surface area contributed by atoms with Gasteiger partial charge in [0.15, 0.2) is 0 Å². The van der Waals surface area contributed by atoms with E-state index >= 15 is 0 Å². The molecule has 35 heavy (non-hydrogen) atoms. The zero-order valence-electron chi connectivity index (χ0n) is 20.5. The minimum Gasteiger partial charge on any atom is -0.494 e. The van der Waals surface area contributed by atoms with Crippen LogP contribution in [0, 0.1) is 0 Å². The van der Waals surface area contributed by atoms with E-state index in [9.17, 15) is 4.79 Å². The summed E-state index contributed by atoms with van der Waals surface area (Å²) in [6, 6.07) is 20.1. The lowest BCUT2D eigenvalue weighted by molar-refractivity contribution is 0.0497. The molecule has 0 saturated carbocycles.